The number of carbonyl (C=O) groups excluding carboxylic acids is 3. The lowest BCUT2D eigenvalue weighted by Crippen LogP contribution is -2.57. The maximum Gasteiger partial charge on any atom is 0.274 e. The summed E-state index contributed by atoms with van der Waals surface area (Å²) in [5, 5.41) is 12.4. The zero-order valence-electron chi connectivity index (χ0n) is 26.7. The predicted molar refractivity (Wildman–Crippen MR) is 169 cm³/mol. The van der Waals surface area contributed by atoms with Crippen LogP contribution in [0.2, 0.25) is 0 Å². The number of amides is 2. The number of benzene rings is 4. The Bertz CT molecular complexity index is 1960. The van der Waals surface area contributed by atoms with E-state index in [9.17, 15) is 24.5 Å². The second-order valence-corrected chi connectivity index (χ2v) is 10.7. The molecule has 2 amide bonds. The van der Waals surface area contributed by atoms with Crippen LogP contribution in [0.3, 0.4) is 0 Å². The lowest BCUT2D eigenvalue weighted by atomic mass is 9.68. The molecular weight excluding hydrogens is 626 g/mol. The summed E-state index contributed by atoms with van der Waals surface area (Å²) in [5.41, 5.74) is 2.11. The molecule has 48 heavy (non-hydrogen) atoms. The van der Waals surface area contributed by atoms with E-state index < -0.39 is 28.1 Å². The number of rotatable bonds is 9. The number of ketones is 1. The van der Waals surface area contributed by atoms with E-state index in [0.717, 1.165) is 5.01 Å². The summed E-state index contributed by atoms with van der Waals surface area (Å²) < 4.78 is 33.6. The zero-order valence-corrected chi connectivity index (χ0v) is 26.7. The van der Waals surface area contributed by atoms with Gasteiger partial charge in [-0.1, -0.05) is 0 Å². The van der Waals surface area contributed by atoms with Gasteiger partial charge in [0.2, 0.25) is 0 Å². The van der Waals surface area contributed by atoms with Gasteiger partial charge in [-0.3, -0.25) is 29.9 Å². The molecule has 0 atom stereocenters. The number of methoxy groups -OCH3 is 6. The Hall–Kier alpha value is -6.31. The molecule has 0 aromatic heterocycles. The van der Waals surface area contributed by atoms with Crippen LogP contribution >= 0.6 is 0 Å². The Kier molecular flexibility index (Phi) is 7.79. The van der Waals surface area contributed by atoms with Gasteiger partial charge in [-0.05, 0) is 48.5 Å². The first-order valence-electron chi connectivity index (χ1n) is 14.3. The van der Waals surface area contributed by atoms with Gasteiger partial charge in [0.15, 0.2) is 40.3 Å². The molecule has 0 bridgehead atoms. The fourth-order valence-electron chi connectivity index (χ4n) is 6.34. The molecule has 0 fully saturated rings. The van der Waals surface area contributed by atoms with Crippen LogP contribution in [0.1, 0.15) is 53.3 Å². The van der Waals surface area contributed by atoms with Crippen LogP contribution in [0.4, 0.5) is 5.69 Å². The molecule has 2 aliphatic rings. The Labute approximate surface area is 273 Å². The number of hydrogen-bond acceptors (Lipinski definition) is 11. The van der Waals surface area contributed by atoms with Crippen LogP contribution in [-0.2, 0) is 5.54 Å². The van der Waals surface area contributed by atoms with E-state index in [1.807, 2.05) is 0 Å². The SMILES string of the molecule is COc1cc2c(cc1OC)C1(c3cc(OC)c(OC)cc3C2=O)c2cc(OC)c(OC)cc2C(=O)N1NC(=O)c1ccc([N+](=O)[O-])cc1. The van der Waals surface area contributed by atoms with E-state index in [1.54, 1.807) is 18.2 Å². The van der Waals surface area contributed by atoms with Crippen LogP contribution in [0, 0.1) is 10.1 Å². The van der Waals surface area contributed by atoms with Gasteiger partial charge < -0.3 is 28.4 Å². The first-order valence-corrected chi connectivity index (χ1v) is 14.3. The monoisotopic (exact) mass is 655 g/mol. The summed E-state index contributed by atoms with van der Waals surface area (Å²) in [6, 6.07) is 14.2. The zero-order chi connectivity index (χ0) is 34.5. The van der Waals surface area contributed by atoms with E-state index in [1.165, 1.54) is 85.1 Å². The smallest absolute Gasteiger partial charge is 0.274 e. The first-order chi connectivity index (χ1) is 23.1. The minimum atomic E-state index is -1.75. The van der Waals surface area contributed by atoms with Gasteiger partial charge in [0.1, 0.15) is 5.54 Å². The minimum absolute atomic E-state index is 0.0293. The van der Waals surface area contributed by atoms with Gasteiger partial charge in [-0.2, -0.15) is 0 Å². The van der Waals surface area contributed by atoms with Gasteiger partial charge >= 0.3 is 0 Å². The number of carbonyl (C=O) groups is 3. The average molecular weight is 656 g/mol. The molecule has 246 valence electrons. The highest BCUT2D eigenvalue weighted by Gasteiger charge is 2.59. The lowest BCUT2D eigenvalue weighted by molar-refractivity contribution is -0.384. The number of fused-ring (bicyclic) bond motifs is 6. The molecule has 0 saturated carbocycles. The molecule has 1 aliphatic carbocycles. The lowest BCUT2D eigenvalue weighted by Gasteiger charge is -2.44. The van der Waals surface area contributed by atoms with Crippen molar-refractivity contribution in [2.45, 2.75) is 5.54 Å². The number of nitro benzene ring substituents is 1. The van der Waals surface area contributed by atoms with E-state index in [2.05, 4.69) is 5.43 Å². The molecule has 4 aromatic carbocycles. The topological polar surface area (TPSA) is 165 Å². The van der Waals surface area contributed by atoms with Crippen molar-refractivity contribution in [3.63, 3.8) is 0 Å². The van der Waals surface area contributed by atoms with Crippen LogP contribution in [0.15, 0.2) is 60.7 Å². The van der Waals surface area contributed by atoms with E-state index in [4.69, 9.17) is 28.4 Å². The van der Waals surface area contributed by atoms with Gasteiger partial charge in [0.25, 0.3) is 17.5 Å². The Morgan fingerprint density at radius 2 is 1.02 bits per heavy atom. The van der Waals surface area contributed by atoms with E-state index in [0.29, 0.717) is 5.56 Å². The highest BCUT2D eigenvalue weighted by atomic mass is 16.6. The number of nitrogens with zero attached hydrogens (tertiary/aromatic N) is 2. The normalized spacial score (nSPS) is 13.7. The first kappa shape index (κ1) is 31.7. The second-order valence-electron chi connectivity index (χ2n) is 10.7. The summed E-state index contributed by atoms with van der Waals surface area (Å²) in [4.78, 5) is 53.6. The quantitative estimate of drug-likeness (QED) is 0.202. The van der Waals surface area contributed by atoms with Crippen molar-refractivity contribution in [2.75, 3.05) is 42.7 Å². The van der Waals surface area contributed by atoms with Crippen molar-refractivity contribution in [2.24, 2.45) is 0 Å². The molecule has 0 radical (unpaired) electrons. The van der Waals surface area contributed by atoms with Crippen molar-refractivity contribution >= 4 is 23.3 Å². The second kappa shape index (κ2) is 11.8. The average Bonchev–Trinajstić information content (AvgIpc) is 3.34. The fourth-order valence-corrected chi connectivity index (χ4v) is 6.34. The molecule has 6 rings (SSSR count). The number of nitro groups is 1. The van der Waals surface area contributed by atoms with Crippen molar-refractivity contribution < 1.29 is 47.7 Å². The summed E-state index contributed by atoms with van der Waals surface area (Å²) in [6.45, 7) is 0. The Balaban J connectivity index is 1.73. The van der Waals surface area contributed by atoms with Crippen molar-refractivity contribution in [3.8, 4) is 34.5 Å². The Morgan fingerprint density at radius 3 is 1.42 bits per heavy atom. The van der Waals surface area contributed by atoms with Gasteiger partial charge in [-0.15, -0.1) is 0 Å². The molecule has 14 nitrogen and oxygen atoms in total. The van der Waals surface area contributed by atoms with Gasteiger partial charge in [-0.25, -0.2) is 5.01 Å². The number of non-ortho nitro benzene ring substituents is 1. The number of ether oxygens (including phenoxy) is 6. The predicted octanol–water partition coefficient (Wildman–Crippen LogP) is 4.28. The van der Waals surface area contributed by atoms with Crippen LogP contribution in [-0.4, -0.2) is 70.2 Å². The minimum Gasteiger partial charge on any atom is -0.493 e. The van der Waals surface area contributed by atoms with Crippen molar-refractivity contribution in [1.29, 1.82) is 0 Å². The highest BCUT2D eigenvalue weighted by molar-refractivity contribution is 6.16. The molecule has 1 N–H and O–H groups in total. The maximum atomic E-state index is 14.6. The number of hydrazine groups is 1. The van der Waals surface area contributed by atoms with Crippen molar-refractivity contribution in [3.05, 3.63) is 110 Å². The van der Waals surface area contributed by atoms with Gasteiger partial charge in [0.05, 0.1) is 53.1 Å². The molecule has 0 saturated heterocycles. The molecule has 4 aromatic rings. The molecule has 1 aliphatic heterocycles. The summed E-state index contributed by atoms with van der Waals surface area (Å²) in [6.07, 6.45) is 0. The third kappa shape index (κ3) is 4.44. The highest BCUT2D eigenvalue weighted by Crippen LogP contribution is 2.57. The molecule has 14 heteroatoms. The number of hydrogen-bond donors (Lipinski definition) is 1. The summed E-state index contributed by atoms with van der Waals surface area (Å²) in [5.74, 6) is -0.323. The summed E-state index contributed by atoms with van der Waals surface area (Å²) >= 11 is 0. The number of nitrogens with one attached hydrogen (secondary N) is 1. The molecule has 1 heterocycles. The molecule has 1 spiro atoms. The van der Waals surface area contributed by atoms with Gasteiger partial charge in [0, 0.05) is 45.5 Å². The van der Waals surface area contributed by atoms with Crippen LogP contribution in [0.5, 0.6) is 34.5 Å². The molecule has 0 unspecified atom stereocenters. The van der Waals surface area contributed by atoms with Crippen LogP contribution in [0.25, 0.3) is 0 Å². The Morgan fingerprint density at radius 1 is 0.646 bits per heavy atom. The van der Waals surface area contributed by atoms with Crippen molar-refractivity contribution in [1.82, 2.24) is 10.4 Å². The fraction of sp³-hybridized carbons (Fsp3) is 0.206. The third-order valence-corrected chi connectivity index (χ3v) is 8.55. The van der Waals surface area contributed by atoms with E-state index >= 15 is 0 Å². The molecular formula is C34H29N3O11. The standard InChI is InChI=1S/C34H29N3O11/c1-43-25-11-19-22(14-28(25)46-4)34(23-15-29(47-5)26(44-2)12-20(23)31(19)38)24-16-30(48-6)27(45-3)13-21(24)33(40)36(34)35-32(39)17-7-9-18(10-8-17)37(41)42/h7-16H,1-6H3,(H,35,39). The third-order valence-electron chi connectivity index (χ3n) is 8.55. The largest absolute Gasteiger partial charge is 0.493 e. The maximum absolute atomic E-state index is 14.6. The van der Waals surface area contributed by atoms with Crippen LogP contribution < -0.4 is 33.8 Å². The summed E-state index contributed by atoms with van der Waals surface area (Å²) in [7, 11) is 8.58. The van der Waals surface area contributed by atoms with E-state index in [-0.39, 0.29) is 73.6 Å².